The maximum atomic E-state index is 5.27. The van der Waals surface area contributed by atoms with Crippen LogP contribution in [-0.4, -0.2) is 10.8 Å². The van der Waals surface area contributed by atoms with Gasteiger partial charge in [0.2, 0.25) is 0 Å². The van der Waals surface area contributed by atoms with E-state index in [0.717, 1.165) is 41.2 Å². The molecule has 2 aliphatic carbocycles. The highest BCUT2D eigenvalue weighted by atomic mass is 15.0. The first-order valence-corrected chi connectivity index (χ1v) is 18.8. The molecule has 0 amide bonds. The Hall–Kier alpha value is -5.93. The van der Waals surface area contributed by atoms with E-state index in [-0.39, 0.29) is 16.9 Å². The maximum Gasteiger partial charge on any atom is 0.133 e. The van der Waals surface area contributed by atoms with E-state index in [0.29, 0.717) is 0 Å². The number of aliphatic imine (C=N–C) groups is 1. The van der Waals surface area contributed by atoms with Crippen molar-refractivity contribution in [3.63, 3.8) is 0 Å². The molecular formula is C50H47N3. The quantitative estimate of drug-likeness (QED) is 0.115. The summed E-state index contributed by atoms with van der Waals surface area (Å²) in [6.45, 7) is 13.6. The standard InChI is InChI=1S/C50H47N3/c1-34(36-18-10-6-11-19-36)52-48(53-35(2)37-20-12-7-13-21-37)39-27-29-44-43-28-26-38(30-45(43)49(3,4)46(44)31-39)47-32-42(33-51-47)50(5,40-22-14-8-15-23-40)41-24-16-9-17-25-41/h6-16,18-24,26-33,35,51H,1,17,25H2,2-5H3,(H,52,53). The Labute approximate surface area is 314 Å². The Morgan fingerprint density at radius 3 is 2.13 bits per heavy atom. The summed E-state index contributed by atoms with van der Waals surface area (Å²) in [6.07, 6.45) is 11.1. The lowest BCUT2D eigenvalue weighted by atomic mass is 9.69. The molecule has 53 heavy (non-hydrogen) atoms. The highest BCUT2D eigenvalue weighted by Crippen LogP contribution is 2.50. The average Bonchev–Trinajstić information content (AvgIpc) is 3.80. The number of H-pyrrole nitrogens is 1. The van der Waals surface area contributed by atoms with Gasteiger partial charge < -0.3 is 10.3 Å². The number of nitrogens with one attached hydrogen (secondary N) is 2. The van der Waals surface area contributed by atoms with Crippen molar-refractivity contribution in [3.05, 3.63) is 209 Å². The first-order chi connectivity index (χ1) is 25.7. The largest absolute Gasteiger partial charge is 0.361 e. The number of benzene rings is 5. The molecule has 0 fully saturated rings. The van der Waals surface area contributed by atoms with Gasteiger partial charge in [-0.3, -0.25) is 4.99 Å². The molecule has 2 unspecified atom stereocenters. The summed E-state index contributed by atoms with van der Waals surface area (Å²) in [5.41, 5.74) is 15.2. The zero-order chi connectivity index (χ0) is 36.6. The summed E-state index contributed by atoms with van der Waals surface area (Å²) in [6, 6.07) is 47.8. The summed E-state index contributed by atoms with van der Waals surface area (Å²) in [7, 11) is 0. The molecule has 2 aliphatic rings. The molecule has 262 valence electrons. The zero-order valence-electron chi connectivity index (χ0n) is 31.2. The second-order valence-electron chi connectivity index (χ2n) is 15.1. The van der Waals surface area contributed by atoms with E-state index in [9.17, 15) is 0 Å². The van der Waals surface area contributed by atoms with Crippen molar-refractivity contribution >= 4 is 11.5 Å². The van der Waals surface area contributed by atoms with Crippen molar-refractivity contribution < 1.29 is 0 Å². The van der Waals surface area contributed by atoms with Crippen LogP contribution < -0.4 is 5.32 Å². The van der Waals surface area contributed by atoms with Crippen LogP contribution >= 0.6 is 0 Å². The number of hydrogen-bond donors (Lipinski definition) is 2. The Bertz CT molecular complexity index is 2370. The molecule has 0 bridgehead atoms. The van der Waals surface area contributed by atoms with E-state index in [1.54, 1.807) is 0 Å². The summed E-state index contributed by atoms with van der Waals surface area (Å²) >= 11 is 0. The fourth-order valence-electron chi connectivity index (χ4n) is 8.26. The normalized spacial score (nSPS) is 16.2. The van der Waals surface area contributed by atoms with Gasteiger partial charge in [-0.15, -0.1) is 0 Å². The van der Waals surface area contributed by atoms with Crippen molar-refractivity contribution in [1.29, 1.82) is 0 Å². The summed E-state index contributed by atoms with van der Waals surface area (Å²) in [5, 5.41) is 3.61. The number of aromatic amines is 1. The zero-order valence-corrected chi connectivity index (χ0v) is 31.2. The smallest absolute Gasteiger partial charge is 0.133 e. The van der Waals surface area contributed by atoms with Gasteiger partial charge in [0.15, 0.2) is 0 Å². The van der Waals surface area contributed by atoms with Crippen LogP contribution in [0.15, 0.2) is 175 Å². The van der Waals surface area contributed by atoms with Crippen LogP contribution in [0.2, 0.25) is 0 Å². The molecule has 0 aliphatic heterocycles. The van der Waals surface area contributed by atoms with Crippen molar-refractivity contribution in [3.8, 4) is 22.4 Å². The highest BCUT2D eigenvalue weighted by Gasteiger charge is 2.37. The van der Waals surface area contributed by atoms with Crippen molar-refractivity contribution in [2.24, 2.45) is 4.99 Å². The predicted octanol–water partition coefficient (Wildman–Crippen LogP) is 12.3. The molecule has 5 aromatic carbocycles. The van der Waals surface area contributed by atoms with E-state index in [4.69, 9.17) is 4.99 Å². The molecule has 8 rings (SSSR count). The van der Waals surface area contributed by atoms with Gasteiger partial charge >= 0.3 is 0 Å². The van der Waals surface area contributed by atoms with Gasteiger partial charge in [0.25, 0.3) is 0 Å². The molecule has 3 heteroatoms. The van der Waals surface area contributed by atoms with Gasteiger partial charge in [0.1, 0.15) is 5.84 Å². The number of rotatable bonds is 9. The lowest BCUT2D eigenvalue weighted by molar-refractivity contribution is 0.634. The molecule has 2 atom stereocenters. The lowest BCUT2D eigenvalue weighted by Crippen LogP contribution is -2.26. The van der Waals surface area contributed by atoms with Gasteiger partial charge in [-0.2, -0.15) is 0 Å². The Kier molecular flexibility index (Phi) is 8.96. The number of amidine groups is 1. The predicted molar refractivity (Wildman–Crippen MR) is 223 cm³/mol. The van der Waals surface area contributed by atoms with Gasteiger partial charge in [0, 0.05) is 34.0 Å². The first-order valence-electron chi connectivity index (χ1n) is 18.8. The molecule has 6 aromatic rings. The molecule has 0 saturated heterocycles. The minimum atomic E-state index is -0.222. The van der Waals surface area contributed by atoms with Crippen molar-refractivity contribution in [2.45, 2.75) is 57.4 Å². The van der Waals surface area contributed by atoms with Crippen LogP contribution in [0.4, 0.5) is 0 Å². The van der Waals surface area contributed by atoms with E-state index in [1.165, 1.54) is 50.1 Å². The molecule has 3 nitrogen and oxygen atoms in total. The SMILES string of the molecule is C=C(NC(=NC(C)c1ccccc1)c1ccc2c(c1)C(C)(C)c1cc(-c3cc(C(C)(C4=CC=CCC4)c4ccccc4)c[nH]3)ccc1-2)c1ccccc1. The molecule has 1 heterocycles. The number of allylic oxidation sites excluding steroid dienone is 4. The second kappa shape index (κ2) is 13.9. The van der Waals surface area contributed by atoms with Gasteiger partial charge in [-0.05, 0) is 95.0 Å². The highest BCUT2D eigenvalue weighted by molar-refractivity contribution is 6.04. The summed E-state index contributed by atoms with van der Waals surface area (Å²) in [5.74, 6) is 0.814. The molecule has 2 N–H and O–H groups in total. The van der Waals surface area contributed by atoms with Crippen LogP contribution in [0.25, 0.3) is 28.1 Å². The lowest BCUT2D eigenvalue weighted by Gasteiger charge is -2.34. The van der Waals surface area contributed by atoms with Crippen LogP contribution in [-0.2, 0) is 10.8 Å². The fraction of sp³-hybridized carbons (Fsp3) is 0.180. The monoisotopic (exact) mass is 689 g/mol. The number of aromatic nitrogens is 1. The Balaban J connectivity index is 1.14. The molecule has 1 aromatic heterocycles. The third-order valence-corrected chi connectivity index (χ3v) is 11.5. The third-order valence-electron chi connectivity index (χ3n) is 11.5. The van der Waals surface area contributed by atoms with Crippen LogP contribution in [0, 0.1) is 0 Å². The molecule has 0 radical (unpaired) electrons. The van der Waals surface area contributed by atoms with E-state index in [1.807, 2.05) is 24.3 Å². The topological polar surface area (TPSA) is 40.2 Å². The first kappa shape index (κ1) is 34.2. The van der Waals surface area contributed by atoms with Gasteiger partial charge in [0.05, 0.1) is 6.04 Å². The molecular weight excluding hydrogens is 643 g/mol. The molecule has 0 spiro atoms. The van der Waals surface area contributed by atoms with Crippen LogP contribution in [0.3, 0.4) is 0 Å². The number of hydrogen-bond acceptors (Lipinski definition) is 1. The van der Waals surface area contributed by atoms with Crippen molar-refractivity contribution in [2.75, 3.05) is 0 Å². The van der Waals surface area contributed by atoms with Crippen LogP contribution in [0.5, 0.6) is 0 Å². The number of nitrogens with zero attached hydrogens (tertiary/aromatic N) is 1. The summed E-state index contributed by atoms with van der Waals surface area (Å²) < 4.78 is 0. The minimum Gasteiger partial charge on any atom is -0.361 e. The Morgan fingerprint density at radius 1 is 0.774 bits per heavy atom. The second-order valence-corrected chi connectivity index (χ2v) is 15.1. The maximum absolute atomic E-state index is 5.27. The third kappa shape index (κ3) is 6.31. The average molecular weight is 690 g/mol. The van der Waals surface area contributed by atoms with E-state index in [2.05, 4.69) is 178 Å². The van der Waals surface area contributed by atoms with Gasteiger partial charge in [-0.25, -0.2) is 0 Å². The van der Waals surface area contributed by atoms with Crippen molar-refractivity contribution in [1.82, 2.24) is 10.3 Å². The minimum absolute atomic E-state index is 0.0383. The molecule has 0 saturated carbocycles. The van der Waals surface area contributed by atoms with E-state index < -0.39 is 0 Å². The fourth-order valence-corrected chi connectivity index (χ4v) is 8.26. The van der Waals surface area contributed by atoms with Crippen LogP contribution in [0.1, 0.15) is 85.5 Å². The van der Waals surface area contributed by atoms with E-state index >= 15 is 0 Å². The Morgan fingerprint density at radius 2 is 1.43 bits per heavy atom. The van der Waals surface area contributed by atoms with Gasteiger partial charge in [-0.1, -0.05) is 159 Å². The summed E-state index contributed by atoms with van der Waals surface area (Å²) in [4.78, 5) is 8.96. The number of fused-ring (bicyclic) bond motifs is 3.